The fraction of sp³-hybridized carbons (Fsp3) is 0.441. The van der Waals surface area contributed by atoms with E-state index in [2.05, 4.69) is 15.0 Å². The molecule has 1 saturated heterocycles. The quantitative estimate of drug-likeness (QED) is 0.239. The van der Waals surface area contributed by atoms with Gasteiger partial charge >= 0.3 is 24.2 Å². The smallest absolute Gasteiger partial charge is 0.410 e. The number of carboxylic acids is 1. The largest absolute Gasteiger partial charge is 0.480 e. The number of nitrogens with zero attached hydrogens (tertiary/aromatic N) is 7. The number of ether oxygens (including phenoxy) is 4. The number of rotatable bonds is 11. The normalized spacial score (nSPS) is 16.7. The standard InChI is InChI=1S/C34H41N7O8/c1-21-37-26-13-14-35-28(29(26)40(21)19-24(46-6)17-39(5)32(44)49-34(2,3)4)25-12-15-36-31(38-25)48-23-16-27(30(42)43)41(18-23)33(45)47-20-22-10-8-7-9-11-22/h7-15,23-24,27H,16-20H2,1-6H3,(H,42,43)/t23-,24-,27-/m0/s1. The van der Waals surface area contributed by atoms with Crippen LogP contribution in [-0.2, 0) is 32.2 Å². The third-order valence-corrected chi connectivity index (χ3v) is 7.88. The van der Waals surface area contributed by atoms with Gasteiger partial charge in [-0.05, 0) is 45.4 Å². The zero-order chi connectivity index (χ0) is 35.3. The number of hydrogen-bond acceptors (Lipinski definition) is 11. The number of likely N-dealkylation sites (N-methyl/N-ethyl adjacent to an activating group) is 1. The average Bonchev–Trinajstić information content (AvgIpc) is 3.63. The Labute approximate surface area is 283 Å². The van der Waals surface area contributed by atoms with Crippen LogP contribution in [0.4, 0.5) is 9.59 Å². The Morgan fingerprint density at radius 1 is 1.06 bits per heavy atom. The van der Waals surface area contributed by atoms with Crippen LogP contribution in [0.3, 0.4) is 0 Å². The van der Waals surface area contributed by atoms with Crippen LogP contribution >= 0.6 is 0 Å². The Kier molecular flexibility index (Phi) is 10.6. The second kappa shape index (κ2) is 14.8. The van der Waals surface area contributed by atoms with Crippen LogP contribution in [-0.4, -0.2) is 109 Å². The van der Waals surface area contributed by atoms with Crippen LogP contribution in [0, 0.1) is 6.92 Å². The third-order valence-electron chi connectivity index (χ3n) is 7.88. The topological polar surface area (TPSA) is 171 Å². The monoisotopic (exact) mass is 675 g/mol. The van der Waals surface area contributed by atoms with E-state index in [4.69, 9.17) is 23.9 Å². The number of methoxy groups -OCH3 is 1. The van der Waals surface area contributed by atoms with Gasteiger partial charge in [-0.1, -0.05) is 30.3 Å². The highest BCUT2D eigenvalue weighted by Crippen LogP contribution is 2.29. The zero-order valence-electron chi connectivity index (χ0n) is 28.4. The molecule has 0 spiro atoms. The minimum Gasteiger partial charge on any atom is -0.480 e. The highest BCUT2D eigenvalue weighted by atomic mass is 16.6. The van der Waals surface area contributed by atoms with Crippen molar-refractivity contribution in [2.75, 3.05) is 27.2 Å². The van der Waals surface area contributed by atoms with Crippen molar-refractivity contribution in [3.63, 3.8) is 0 Å². The van der Waals surface area contributed by atoms with Crippen LogP contribution in [0.15, 0.2) is 54.9 Å². The molecule has 4 aromatic rings. The van der Waals surface area contributed by atoms with Gasteiger partial charge < -0.3 is 33.5 Å². The molecule has 49 heavy (non-hydrogen) atoms. The Hall–Kier alpha value is -5.31. The van der Waals surface area contributed by atoms with E-state index in [1.807, 2.05) is 62.6 Å². The molecule has 0 radical (unpaired) electrons. The first-order valence-electron chi connectivity index (χ1n) is 15.8. The molecule has 0 aliphatic carbocycles. The number of imidazole rings is 1. The van der Waals surface area contributed by atoms with Gasteiger partial charge in [-0.15, -0.1) is 0 Å². The van der Waals surface area contributed by atoms with Gasteiger partial charge in [0.15, 0.2) is 0 Å². The van der Waals surface area contributed by atoms with Gasteiger partial charge in [0.05, 0.1) is 42.5 Å². The van der Waals surface area contributed by atoms with Crippen molar-refractivity contribution < 1.29 is 38.4 Å². The van der Waals surface area contributed by atoms with Gasteiger partial charge in [-0.2, -0.15) is 4.98 Å². The Morgan fingerprint density at radius 3 is 2.49 bits per heavy atom. The third kappa shape index (κ3) is 8.59. The molecule has 260 valence electrons. The predicted octanol–water partition coefficient (Wildman–Crippen LogP) is 4.32. The average molecular weight is 676 g/mol. The van der Waals surface area contributed by atoms with Gasteiger partial charge in [-0.25, -0.2) is 24.4 Å². The van der Waals surface area contributed by atoms with Crippen molar-refractivity contribution in [2.45, 2.75) is 71.1 Å². The van der Waals surface area contributed by atoms with Crippen LogP contribution in [0.25, 0.3) is 22.4 Å². The summed E-state index contributed by atoms with van der Waals surface area (Å²) in [5.74, 6) is -0.453. The zero-order valence-corrected chi connectivity index (χ0v) is 28.4. The summed E-state index contributed by atoms with van der Waals surface area (Å²) >= 11 is 0. The van der Waals surface area contributed by atoms with Crippen molar-refractivity contribution in [1.82, 2.24) is 34.3 Å². The molecule has 15 heteroatoms. The number of aliphatic carboxylic acids is 1. The van der Waals surface area contributed by atoms with Crippen molar-refractivity contribution in [3.05, 3.63) is 66.2 Å². The number of carbonyl (C=O) groups excluding carboxylic acids is 2. The molecule has 1 aliphatic rings. The lowest BCUT2D eigenvalue weighted by atomic mass is 10.2. The SMILES string of the molecule is CO[C@@H](CN(C)C(=O)OC(C)(C)C)Cn1c(C)nc2ccnc(-c3ccnc(O[C@H]4C[C@@H](C(=O)O)N(C(=O)OCc5ccccc5)C4)n3)c21. The Balaban J connectivity index is 1.33. The fourth-order valence-corrected chi connectivity index (χ4v) is 5.54. The van der Waals surface area contributed by atoms with Crippen LogP contribution in [0.5, 0.6) is 6.01 Å². The van der Waals surface area contributed by atoms with Gasteiger partial charge in [0.25, 0.3) is 0 Å². The second-order valence-corrected chi connectivity index (χ2v) is 12.8. The van der Waals surface area contributed by atoms with Crippen molar-refractivity contribution in [1.29, 1.82) is 0 Å². The lowest BCUT2D eigenvalue weighted by Crippen LogP contribution is -2.40. The first-order chi connectivity index (χ1) is 23.3. The number of carbonyl (C=O) groups is 3. The van der Waals surface area contributed by atoms with Gasteiger partial charge in [0.2, 0.25) is 0 Å². The first-order valence-corrected chi connectivity index (χ1v) is 15.8. The molecule has 1 N–H and O–H groups in total. The van der Waals surface area contributed by atoms with E-state index in [0.717, 1.165) is 10.5 Å². The molecule has 0 saturated carbocycles. The maximum atomic E-state index is 12.9. The fourth-order valence-electron chi connectivity index (χ4n) is 5.54. The summed E-state index contributed by atoms with van der Waals surface area (Å²) < 4.78 is 24.7. The number of carboxylic acid groups (broad SMARTS) is 1. The number of likely N-dealkylation sites (tertiary alicyclic amines) is 1. The Bertz CT molecular complexity index is 1790. The summed E-state index contributed by atoms with van der Waals surface area (Å²) in [4.78, 5) is 58.4. The molecule has 0 unspecified atom stereocenters. The number of aromatic nitrogens is 5. The molecule has 1 aliphatic heterocycles. The van der Waals surface area contributed by atoms with E-state index in [-0.39, 0.29) is 32.1 Å². The number of fused-ring (bicyclic) bond motifs is 1. The maximum Gasteiger partial charge on any atom is 0.410 e. The van der Waals surface area contributed by atoms with Crippen LogP contribution in [0.1, 0.15) is 38.6 Å². The lowest BCUT2D eigenvalue weighted by Gasteiger charge is -2.27. The molecule has 1 fully saturated rings. The van der Waals surface area contributed by atoms with E-state index >= 15 is 0 Å². The van der Waals surface area contributed by atoms with Gasteiger partial charge in [0.1, 0.15) is 35.9 Å². The minimum atomic E-state index is -1.16. The molecule has 3 aromatic heterocycles. The molecule has 2 amide bonds. The summed E-state index contributed by atoms with van der Waals surface area (Å²) in [5, 5.41) is 9.84. The number of pyridine rings is 1. The second-order valence-electron chi connectivity index (χ2n) is 12.8. The highest BCUT2D eigenvalue weighted by molar-refractivity contribution is 5.89. The van der Waals surface area contributed by atoms with Gasteiger partial charge in [0, 0.05) is 33.0 Å². The summed E-state index contributed by atoms with van der Waals surface area (Å²) in [6.07, 6.45) is 0.882. The summed E-state index contributed by atoms with van der Waals surface area (Å²) in [7, 11) is 3.24. The number of benzene rings is 1. The molecular formula is C34H41N7O8. The minimum absolute atomic E-state index is 0.00138. The Morgan fingerprint density at radius 2 is 1.80 bits per heavy atom. The first kappa shape index (κ1) is 35.0. The molecule has 3 atom stereocenters. The molecule has 15 nitrogen and oxygen atoms in total. The highest BCUT2D eigenvalue weighted by Gasteiger charge is 2.42. The summed E-state index contributed by atoms with van der Waals surface area (Å²) in [6, 6.07) is 11.5. The summed E-state index contributed by atoms with van der Waals surface area (Å²) in [6.45, 7) is 7.92. The number of amides is 2. The molecular weight excluding hydrogens is 634 g/mol. The van der Waals surface area contributed by atoms with Crippen LogP contribution in [0.2, 0.25) is 0 Å². The maximum absolute atomic E-state index is 12.9. The van der Waals surface area contributed by atoms with Crippen molar-refractivity contribution in [3.8, 4) is 17.4 Å². The van der Waals surface area contributed by atoms with E-state index in [1.165, 1.54) is 11.1 Å². The molecule has 4 heterocycles. The van der Waals surface area contributed by atoms with E-state index in [9.17, 15) is 19.5 Å². The van der Waals surface area contributed by atoms with Crippen molar-refractivity contribution >= 4 is 29.2 Å². The van der Waals surface area contributed by atoms with Gasteiger partial charge in [-0.3, -0.25) is 9.88 Å². The number of aryl methyl sites for hydroxylation is 1. The number of hydrogen-bond donors (Lipinski definition) is 1. The molecule has 0 bridgehead atoms. The molecule has 1 aromatic carbocycles. The van der Waals surface area contributed by atoms with E-state index < -0.39 is 42.0 Å². The van der Waals surface area contributed by atoms with E-state index in [0.29, 0.717) is 34.8 Å². The predicted molar refractivity (Wildman–Crippen MR) is 177 cm³/mol. The van der Waals surface area contributed by atoms with Crippen LogP contribution < -0.4 is 4.74 Å². The van der Waals surface area contributed by atoms with E-state index in [1.54, 1.807) is 32.5 Å². The van der Waals surface area contributed by atoms with Crippen molar-refractivity contribution in [2.24, 2.45) is 0 Å². The lowest BCUT2D eigenvalue weighted by molar-refractivity contribution is -0.141. The summed E-state index contributed by atoms with van der Waals surface area (Å²) in [5.41, 5.74) is 2.50. The molecule has 5 rings (SSSR count).